The molecular formula is C13H14N5O3P. The molecule has 0 amide bonds. The number of anilines is 1. The molecule has 1 aromatic carbocycles. The van der Waals surface area contributed by atoms with Crippen molar-refractivity contribution in [3.63, 3.8) is 0 Å². The third-order valence-electron chi connectivity index (χ3n) is 2.69. The van der Waals surface area contributed by atoms with Gasteiger partial charge in [0.2, 0.25) is 5.58 Å². The van der Waals surface area contributed by atoms with Crippen LogP contribution in [0.4, 0.5) is 5.69 Å². The molecule has 0 aliphatic rings. The van der Waals surface area contributed by atoms with Crippen LogP contribution < -0.4 is 5.32 Å². The second kappa shape index (κ2) is 6.54. The quantitative estimate of drug-likeness (QED) is 0.386. The van der Waals surface area contributed by atoms with E-state index in [2.05, 4.69) is 20.3 Å². The number of rotatable bonds is 4. The van der Waals surface area contributed by atoms with E-state index < -0.39 is 19.2 Å². The molecule has 114 valence electrons. The van der Waals surface area contributed by atoms with Gasteiger partial charge in [-0.1, -0.05) is 0 Å². The maximum atomic E-state index is 11.4. The van der Waals surface area contributed by atoms with Gasteiger partial charge in [0.15, 0.2) is 0 Å². The van der Waals surface area contributed by atoms with E-state index in [4.69, 9.17) is 5.26 Å². The molecule has 22 heavy (non-hydrogen) atoms. The Balaban J connectivity index is 2.23. The molecule has 0 saturated heterocycles. The fourth-order valence-corrected chi connectivity index (χ4v) is 2.25. The number of imidazole rings is 1. The minimum absolute atomic E-state index is 0.447. The van der Waals surface area contributed by atoms with Crippen molar-refractivity contribution in [2.24, 2.45) is 4.99 Å². The van der Waals surface area contributed by atoms with E-state index in [-0.39, 0.29) is 0 Å². The Hall–Kier alpha value is -2.46. The summed E-state index contributed by atoms with van der Waals surface area (Å²) in [5.74, 6) is 0.688. The van der Waals surface area contributed by atoms with Crippen molar-refractivity contribution in [3.05, 3.63) is 36.7 Å². The van der Waals surface area contributed by atoms with Gasteiger partial charge in [0.05, 0.1) is 6.07 Å². The largest absolute Gasteiger partial charge is 0.390 e. The monoisotopic (exact) mass is 319 g/mol. The number of nitriles is 1. The highest BCUT2D eigenvalue weighted by Crippen LogP contribution is 2.37. The third kappa shape index (κ3) is 4.02. The minimum Gasteiger partial charge on any atom is -0.345 e. The summed E-state index contributed by atoms with van der Waals surface area (Å²) in [4.78, 5) is 29.3. The zero-order valence-electron chi connectivity index (χ0n) is 11.6. The molecule has 4 N–H and O–H groups in total. The number of hydrogen-bond donors (Lipinski definition) is 4. The van der Waals surface area contributed by atoms with Gasteiger partial charge in [0.1, 0.15) is 11.9 Å². The maximum Gasteiger partial charge on any atom is 0.390 e. The van der Waals surface area contributed by atoms with Crippen molar-refractivity contribution in [1.29, 1.82) is 5.26 Å². The van der Waals surface area contributed by atoms with Crippen LogP contribution >= 0.6 is 7.60 Å². The van der Waals surface area contributed by atoms with Gasteiger partial charge in [0.25, 0.3) is 0 Å². The van der Waals surface area contributed by atoms with Crippen LogP contribution in [0.25, 0.3) is 11.4 Å². The minimum atomic E-state index is -4.60. The van der Waals surface area contributed by atoms with Gasteiger partial charge >= 0.3 is 7.60 Å². The molecule has 0 aliphatic carbocycles. The standard InChI is InChI=1S/C13H14N5O3P/c1-9(8-14)17-13(22(19,20)21)18-11-4-2-10(3-5-11)12-15-6-7-16-12/h2-7,9H,1H3,(H,15,16)(H,17,18)(H2,19,20,21). The molecular weight excluding hydrogens is 305 g/mol. The zero-order valence-corrected chi connectivity index (χ0v) is 12.5. The number of hydrogen-bond acceptors (Lipinski definition) is 4. The second-order valence-corrected chi connectivity index (χ2v) is 5.95. The molecule has 0 bridgehead atoms. The molecule has 8 nitrogen and oxygen atoms in total. The highest BCUT2D eigenvalue weighted by atomic mass is 31.2. The number of aromatic amines is 1. The van der Waals surface area contributed by atoms with E-state index in [1.165, 1.54) is 6.92 Å². The molecule has 0 saturated carbocycles. The number of nitrogens with zero attached hydrogens (tertiary/aromatic N) is 3. The molecule has 2 aromatic rings. The Labute approximate surface area is 126 Å². The van der Waals surface area contributed by atoms with Crippen molar-refractivity contribution in [3.8, 4) is 17.5 Å². The van der Waals surface area contributed by atoms with Crippen LogP contribution in [0, 0.1) is 11.3 Å². The normalized spacial score (nSPS) is 13.5. The van der Waals surface area contributed by atoms with Gasteiger partial charge in [-0.15, -0.1) is 0 Å². The average molecular weight is 319 g/mol. The van der Waals surface area contributed by atoms with Crippen LogP contribution in [0.2, 0.25) is 0 Å². The lowest BCUT2D eigenvalue weighted by Crippen LogP contribution is -2.15. The summed E-state index contributed by atoms with van der Waals surface area (Å²) in [6, 6.07) is 7.70. The summed E-state index contributed by atoms with van der Waals surface area (Å²) < 4.78 is 11.4. The third-order valence-corrected chi connectivity index (χ3v) is 3.47. The Morgan fingerprint density at radius 3 is 2.64 bits per heavy atom. The first-order valence-electron chi connectivity index (χ1n) is 6.30. The predicted molar refractivity (Wildman–Crippen MR) is 82.2 cm³/mol. The SMILES string of the molecule is CC(C#N)N=C(Nc1ccc(-c2ncc[nH]2)cc1)P(=O)(O)O. The van der Waals surface area contributed by atoms with Crippen molar-refractivity contribution in [2.75, 3.05) is 5.32 Å². The molecule has 0 spiro atoms. The van der Waals surface area contributed by atoms with Gasteiger partial charge in [-0.2, -0.15) is 5.26 Å². The van der Waals surface area contributed by atoms with E-state index in [1.54, 1.807) is 42.7 Å². The number of amidine groups is 1. The summed E-state index contributed by atoms with van der Waals surface area (Å²) in [6.45, 7) is 1.44. The van der Waals surface area contributed by atoms with E-state index in [1.807, 2.05) is 0 Å². The second-order valence-electron chi connectivity index (χ2n) is 4.44. The van der Waals surface area contributed by atoms with Crippen molar-refractivity contribution in [1.82, 2.24) is 9.97 Å². The molecule has 1 aromatic heterocycles. The Morgan fingerprint density at radius 2 is 2.14 bits per heavy atom. The molecule has 9 heteroatoms. The van der Waals surface area contributed by atoms with E-state index in [9.17, 15) is 14.4 Å². The Kier molecular flexibility index (Phi) is 4.73. The maximum absolute atomic E-state index is 11.4. The smallest absolute Gasteiger partial charge is 0.345 e. The number of aliphatic imine (C=N–C) groups is 1. The zero-order chi connectivity index (χ0) is 16.2. The topological polar surface area (TPSA) is 134 Å². The van der Waals surface area contributed by atoms with Crippen LogP contribution in [0.15, 0.2) is 41.7 Å². The average Bonchev–Trinajstić information content (AvgIpc) is 3.00. The molecule has 1 atom stereocenters. The van der Waals surface area contributed by atoms with Crippen LogP contribution in [0.1, 0.15) is 6.92 Å². The molecule has 1 unspecified atom stereocenters. The summed E-state index contributed by atoms with van der Waals surface area (Å²) in [6.07, 6.45) is 3.33. The molecule has 0 radical (unpaired) electrons. The van der Waals surface area contributed by atoms with Crippen molar-refractivity contribution < 1.29 is 14.4 Å². The summed E-state index contributed by atoms with van der Waals surface area (Å²) in [5, 5.41) is 11.3. The van der Waals surface area contributed by atoms with Crippen molar-refractivity contribution in [2.45, 2.75) is 13.0 Å². The molecule has 0 fully saturated rings. The van der Waals surface area contributed by atoms with Crippen LogP contribution in [-0.4, -0.2) is 31.4 Å². The highest BCUT2D eigenvalue weighted by molar-refractivity contribution is 7.70. The lowest BCUT2D eigenvalue weighted by atomic mass is 10.2. The van der Waals surface area contributed by atoms with Gasteiger partial charge in [-0.3, -0.25) is 4.57 Å². The number of benzene rings is 1. The number of nitrogens with one attached hydrogen (secondary N) is 2. The van der Waals surface area contributed by atoms with E-state index >= 15 is 0 Å². The van der Waals surface area contributed by atoms with E-state index in [0.29, 0.717) is 11.5 Å². The predicted octanol–water partition coefficient (Wildman–Crippen LogP) is 1.93. The Morgan fingerprint density at radius 1 is 1.45 bits per heavy atom. The van der Waals surface area contributed by atoms with Gasteiger partial charge in [0, 0.05) is 23.6 Å². The number of H-pyrrole nitrogens is 1. The first kappa shape index (κ1) is 15.9. The highest BCUT2D eigenvalue weighted by Gasteiger charge is 2.24. The molecule has 0 aliphatic heterocycles. The lowest BCUT2D eigenvalue weighted by molar-refractivity contribution is 0.390. The molecule has 1 heterocycles. The molecule has 2 rings (SSSR count). The Bertz CT molecular complexity index is 743. The fraction of sp³-hybridized carbons (Fsp3) is 0.154. The summed E-state index contributed by atoms with van der Waals surface area (Å²) in [5.41, 5.74) is 0.741. The fourth-order valence-electron chi connectivity index (χ4n) is 1.66. The summed E-state index contributed by atoms with van der Waals surface area (Å²) >= 11 is 0. The summed E-state index contributed by atoms with van der Waals surface area (Å²) in [7, 11) is -4.60. The van der Waals surface area contributed by atoms with Gasteiger partial charge < -0.3 is 20.1 Å². The number of aromatic nitrogens is 2. The van der Waals surface area contributed by atoms with Gasteiger partial charge in [-0.25, -0.2) is 9.98 Å². The van der Waals surface area contributed by atoms with Crippen molar-refractivity contribution >= 4 is 18.9 Å². The first-order valence-corrected chi connectivity index (χ1v) is 7.92. The van der Waals surface area contributed by atoms with E-state index in [0.717, 1.165) is 5.56 Å². The van der Waals surface area contributed by atoms with Crippen LogP contribution in [0.3, 0.4) is 0 Å². The first-order chi connectivity index (χ1) is 10.4. The van der Waals surface area contributed by atoms with Gasteiger partial charge in [-0.05, 0) is 31.2 Å². The van der Waals surface area contributed by atoms with Crippen LogP contribution in [-0.2, 0) is 4.57 Å². The lowest BCUT2D eigenvalue weighted by Gasteiger charge is -2.12. The van der Waals surface area contributed by atoms with Crippen LogP contribution in [0.5, 0.6) is 0 Å².